The number of rotatable bonds is 5. The third-order valence-electron chi connectivity index (χ3n) is 3.33. The van der Waals surface area contributed by atoms with E-state index in [1.807, 2.05) is 18.2 Å². The maximum Gasteiger partial charge on any atom is 0.191 e. The summed E-state index contributed by atoms with van der Waals surface area (Å²) in [6.07, 6.45) is 3.22. The minimum Gasteiger partial charge on any atom is -0.497 e. The van der Waals surface area contributed by atoms with Crippen molar-refractivity contribution in [1.29, 1.82) is 0 Å². The maximum atomic E-state index is 5.40. The molecule has 21 heavy (non-hydrogen) atoms. The number of hydrogen-bond donors (Lipinski definition) is 2. The first-order valence-electron chi connectivity index (χ1n) is 7.06. The van der Waals surface area contributed by atoms with Crippen molar-refractivity contribution in [2.24, 2.45) is 4.99 Å². The summed E-state index contributed by atoms with van der Waals surface area (Å²) in [5, 5.41) is 6.64. The van der Waals surface area contributed by atoms with Crippen molar-refractivity contribution in [1.82, 2.24) is 10.6 Å². The number of methoxy groups -OCH3 is 2. The Morgan fingerprint density at radius 3 is 2.86 bits per heavy atom. The molecule has 0 aromatic heterocycles. The zero-order valence-corrected chi connectivity index (χ0v) is 14.4. The molecule has 0 bridgehead atoms. The highest BCUT2D eigenvalue weighted by molar-refractivity contribution is 8.93. The molecule has 0 saturated heterocycles. The molecule has 5 nitrogen and oxygen atoms in total. The summed E-state index contributed by atoms with van der Waals surface area (Å²) < 4.78 is 10.6. The summed E-state index contributed by atoms with van der Waals surface area (Å²) in [5.74, 6) is 2.59. The number of nitrogens with one attached hydrogen (secondary N) is 2. The van der Waals surface area contributed by atoms with Gasteiger partial charge >= 0.3 is 0 Å². The molecular weight excluding hydrogens is 334 g/mol. The molecule has 1 aromatic rings. The van der Waals surface area contributed by atoms with E-state index in [1.54, 1.807) is 14.2 Å². The molecule has 6 heteroatoms. The molecule has 0 aliphatic carbocycles. The Hall–Kier alpha value is -1.43. The molecule has 0 radical (unpaired) electrons. The third-order valence-corrected chi connectivity index (χ3v) is 3.33. The maximum absolute atomic E-state index is 5.40. The fraction of sp³-hybridized carbons (Fsp3) is 0.533. The van der Waals surface area contributed by atoms with Crippen LogP contribution in [-0.2, 0) is 6.42 Å². The van der Waals surface area contributed by atoms with Crippen LogP contribution in [0.15, 0.2) is 23.2 Å². The van der Waals surface area contributed by atoms with Crippen molar-refractivity contribution in [3.8, 4) is 11.5 Å². The second kappa shape index (κ2) is 9.50. The predicted molar refractivity (Wildman–Crippen MR) is 91.1 cm³/mol. The van der Waals surface area contributed by atoms with Gasteiger partial charge in [-0.2, -0.15) is 0 Å². The highest BCUT2D eigenvalue weighted by Crippen LogP contribution is 2.24. The molecule has 1 aliphatic heterocycles. The van der Waals surface area contributed by atoms with E-state index in [0.717, 1.165) is 55.5 Å². The smallest absolute Gasteiger partial charge is 0.191 e. The van der Waals surface area contributed by atoms with Crippen molar-refractivity contribution in [2.45, 2.75) is 19.3 Å². The number of aliphatic imine (C=N–C) groups is 1. The Kier molecular flexibility index (Phi) is 7.97. The van der Waals surface area contributed by atoms with E-state index in [1.165, 1.54) is 6.42 Å². The monoisotopic (exact) mass is 357 g/mol. The highest BCUT2D eigenvalue weighted by Gasteiger charge is 2.06. The molecule has 2 N–H and O–H groups in total. The summed E-state index contributed by atoms with van der Waals surface area (Å²) in [4.78, 5) is 4.47. The minimum atomic E-state index is 0. The lowest BCUT2D eigenvalue weighted by molar-refractivity contribution is 0.391. The highest BCUT2D eigenvalue weighted by atomic mass is 79.9. The van der Waals surface area contributed by atoms with E-state index in [9.17, 15) is 0 Å². The molecule has 0 unspecified atom stereocenters. The van der Waals surface area contributed by atoms with Gasteiger partial charge in [0.2, 0.25) is 0 Å². The van der Waals surface area contributed by atoms with Crippen LogP contribution >= 0.6 is 17.0 Å². The van der Waals surface area contributed by atoms with Gasteiger partial charge in [-0.3, -0.25) is 4.99 Å². The fourth-order valence-electron chi connectivity index (χ4n) is 2.18. The molecular formula is C15H24BrN3O2. The first-order chi connectivity index (χ1) is 9.83. The Bertz CT molecular complexity index is 466. The topological polar surface area (TPSA) is 54.9 Å². The van der Waals surface area contributed by atoms with Crippen LogP contribution in [0.1, 0.15) is 18.4 Å². The van der Waals surface area contributed by atoms with Gasteiger partial charge in [-0.15, -0.1) is 17.0 Å². The van der Waals surface area contributed by atoms with Crippen LogP contribution in [-0.4, -0.2) is 39.8 Å². The summed E-state index contributed by atoms with van der Waals surface area (Å²) >= 11 is 0. The van der Waals surface area contributed by atoms with Crippen LogP contribution in [0.4, 0.5) is 0 Å². The molecule has 0 atom stereocenters. The SMILES string of the molecule is Br.COc1ccc(CCNC2=NCCCCN2)c(OC)c1. The first kappa shape index (κ1) is 17.6. The minimum absolute atomic E-state index is 0. The average Bonchev–Trinajstić information content (AvgIpc) is 2.76. The quantitative estimate of drug-likeness (QED) is 0.847. The van der Waals surface area contributed by atoms with Gasteiger partial charge in [-0.1, -0.05) is 6.07 Å². The summed E-state index contributed by atoms with van der Waals surface area (Å²) in [5.41, 5.74) is 1.16. The predicted octanol–water partition coefficient (Wildman–Crippen LogP) is 2.15. The molecule has 118 valence electrons. The van der Waals surface area contributed by atoms with Crippen molar-refractivity contribution < 1.29 is 9.47 Å². The Balaban J connectivity index is 0.00000220. The molecule has 0 saturated carbocycles. The van der Waals surface area contributed by atoms with Crippen LogP contribution in [0.2, 0.25) is 0 Å². The summed E-state index contributed by atoms with van der Waals surface area (Å²) in [7, 11) is 3.34. The van der Waals surface area contributed by atoms with E-state index in [0.29, 0.717) is 0 Å². The molecule has 1 heterocycles. The number of nitrogens with zero attached hydrogens (tertiary/aromatic N) is 1. The molecule has 1 aromatic carbocycles. The Morgan fingerprint density at radius 1 is 1.24 bits per heavy atom. The van der Waals surface area contributed by atoms with Crippen LogP contribution in [0.3, 0.4) is 0 Å². The Labute approximate surface area is 136 Å². The number of hydrogen-bond acceptors (Lipinski definition) is 5. The lowest BCUT2D eigenvalue weighted by Gasteiger charge is -2.12. The average molecular weight is 358 g/mol. The van der Waals surface area contributed by atoms with E-state index >= 15 is 0 Å². The second-order valence-electron chi connectivity index (χ2n) is 4.72. The third kappa shape index (κ3) is 5.46. The van der Waals surface area contributed by atoms with Gasteiger partial charge in [-0.05, 0) is 30.9 Å². The number of guanidine groups is 1. The van der Waals surface area contributed by atoms with Gasteiger partial charge in [0.05, 0.1) is 14.2 Å². The van der Waals surface area contributed by atoms with Gasteiger partial charge in [0.15, 0.2) is 5.96 Å². The molecule has 0 spiro atoms. The lowest BCUT2D eigenvalue weighted by atomic mass is 10.1. The largest absolute Gasteiger partial charge is 0.497 e. The van der Waals surface area contributed by atoms with Crippen molar-refractivity contribution in [2.75, 3.05) is 33.9 Å². The standard InChI is InChI=1S/C15H23N3O2.BrH/c1-19-13-6-5-12(14(11-13)20-2)7-10-18-15-16-8-3-4-9-17-15;/h5-6,11H,3-4,7-10H2,1-2H3,(H2,16,17,18);1H. The van der Waals surface area contributed by atoms with Crippen molar-refractivity contribution in [3.05, 3.63) is 23.8 Å². The van der Waals surface area contributed by atoms with E-state index < -0.39 is 0 Å². The van der Waals surface area contributed by atoms with Gasteiger partial charge < -0.3 is 20.1 Å². The normalized spacial score (nSPS) is 14.1. The van der Waals surface area contributed by atoms with E-state index in [-0.39, 0.29) is 17.0 Å². The molecule has 1 aliphatic rings. The number of ether oxygens (including phenoxy) is 2. The zero-order valence-electron chi connectivity index (χ0n) is 12.6. The zero-order chi connectivity index (χ0) is 14.2. The molecule has 0 fully saturated rings. The van der Waals surface area contributed by atoms with E-state index in [4.69, 9.17) is 9.47 Å². The Morgan fingerprint density at radius 2 is 2.10 bits per heavy atom. The summed E-state index contributed by atoms with van der Waals surface area (Å²) in [6, 6.07) is 5.91. The van der Waals surface area contributed by atoms with Gasteiger partial charge in [0.25, 0.3) is 0 Å². The lowest BCUT2D eigenvalue weighted by Crippen LogP contribution is -2.38. The second-order valence-corrected chi connectivity index (χ2v) is 4.72. The van der Waals surface area contributed by atoms with Crippen LogP contribution in [0.5, 0.6) is 11.5 Å². The number of benzene rings is 1. The van der Waals surface area contributed by atoms with E-state index in [2.05, 4.69) is 15.6 Å². The van der Waals surface area contributed by atoms with Crippen LogP contribution in [0.25, 0.3) is 0 Å². The fourth-order valence-corrected chi connectivity index (χ4v) is 2.18. The molecule has 0 amide bonds. The molecule has 2 rings (SSSR count). The van der Waals surface area contributed by atoms with Gasteiger partial charge in [-0.25, -0.2) is 0 Å². The summed E-state index contributed by atoms with van der Waals surface area (Å²) in [6.45, 7) is 2.73. The van der Waals surface area contributed by atoms with Gasteiger partial charge in [0, 0.05) is 25.7 Å². The van der Waals surface area contributed by atoms with Crippen LogP contribution in [0, 0.1) is 0 Å². The first-order valence-corrected chi connectivity index (χ1v) is 7.06. The number of halogens is 1. The van der Waals surface area contributed by atoms with Crippen molar-refractivity contribution in [3.63, 3.8) is 0 Å². The van der Waals surface area contributed by atoms with Crippen molar-refractivity contribution >= 4 is 22.9 Å². The van der Waals surface area contributed by atoms with Gasteiger partial charge in [0.1, 0.15) is 11.5 Å². The van der Waals surface area contributed by atoms with Crippen LogP contribution < -0.4 is 20.1 Å².